The molecule has 0 unspecified atom stereocenters. The zero-order chi connectivity index (χ0) is 15.5. The molecule has 1 aromatic heterocycles. The lowest BCUT2D eigenvalue weighted by molar-refractivity contribution is -0.139. The van der Waals surface area contributed by atoms with Gasteiger partial charge < -0.3 is 10.1 Å². The number of carbonyl (C=O) groups is 1. The molecule has 0 bridgehead atoms. The van der Waals surface area contributed by atoms with Crippen molar-refractivity contribution in [2.45, 2.75) is 11.3 Å². The van der Waals surface area contributed by atoms with Crippen molar-refractivity contribution in [2.24, 2.45) is 5.14 Å². The van der Waals surface area contributed by atoms with Crippen LogP contribution in [-0.4, -0.2) is 26.5 Å². The van der Waals surface area contributed by atoms with Crippen LogP contribution >= 0.6 is 11.3 Å². The van der Waals surface area contributed by atoms with Gasteiger partial charge >= 0.3 is 5.97 Å². The number of sulfonamides is 1. The lowest BCUT2D eigenvalue weighted by atomic mass is 10.3. The van der Waals surface area contributed by atoms with Crippen LogP contribution in [0.15, 0.2) is 34.5 Å². The number of aromatic nitrogens is 1. The van der Waals surface area contributed by atoms with Gasteiger partial charge in [-0.25, -0.2) is 18.5 Å². The monoisotopic (exact) mass is 327 g/mol. The molecule has 0 aliphatic heterocycles. The summed E-state index contributed by atoms with van der Waals surface area (Å²) in [6, 6.07) is 6.09. The maximum absolute atomic E-state index is 11.3. The number of benzene rings is 1. The number of anilines is 2. The number of carbonyl (C=O) groups excluding carboxylic acids is 1. The first-order valence-electron chi connectivity index (χ1n) is 5.79. The molecule has 9 heteroatoms. The second-order valence-electron chi connectivity index (χ2n) is 4.09. The van der Waals surface area contributed by atoms with Gasteiger partial charge in [0.2, 0.25) is 10.0 Å². The second kappa shape index (κ2) is 6.20. The van der Waals surface area contributed by atoms with Gasteiger partial charge in [0.25, 0.3) is 0 Å². The molecule has 1 heterocycles. The Bertz CT molecular complexity index is 755. The minimum Gasteiger partial charge on any atom is -0.469 e. The van der Waals surface area contributed by atoms with Crippen LogP contribution in [0.3, 0.4) is 0 Å². The van der Waals surface area contributed by atoms with E-state index < -0.39 is 10.0 Å². The van der Waals surface area contributed by atoms with Crippen LogP contribution in [0.4, 0.5) is 10.8 Å². The molecule has 0 fully saturated rings. The minimum atomic E-state index is -3.75. The number of nitrogens with zero attached hydrogens (tertiary/aromatic N) is 1. The smallest absolute Gasteiger partial charge is 0.311 e. The first-order valence-corrected chi connectivity index (χ1v) is 8.22. The van der Waals surface area contributed by atoms with Crippen LogP contribution in [0, 0.1) is 0 Å². The van der Waals surface area contributed by atoms with Gasteiger partial charge in [0.1, 0.15) is 0 Å². The highest BCUT2D eigenvalue weighted by Gasteiger charge is 2.10. The zero-order valence-electron chi connectivity index (χ0n) is 11.1. The van der Waals surface area contributed by atoms with E-state index in [9.17, 15) is 13.2 Å². The molecule has 0 amide bonds. The summed E-state index contributed by atoms with van der Waals surface area (Å²) in [5.74, 6) is -0.372. The third kappa shape index (κ3) is 4.25. The summed E-state index contributed by atoms with van der Waals surface area (Å²) in [5, 5.41) is 10.3. The fourth-order valence-electron chi connectivity index (χ4n) is 1.54. The Hall–Kier alpha value is -1.97. The molecule has 1 aromatic carbocycles. The van der Waals surface area contributed by atoms with Crippen LogP contribution < -0.4 is 10.5 Å². The minimum absolute atomic E-state index is 0.0128. The molecule has 0 saturated carbocycles. The number of methoxy groups -OCH3 is 1. The third-order valence-electron chi connectivity index (χ3n) is 2.52. The maximum atomic E-state index is 11.3. The van der Waals surface area contributed by atoms with Crippen molar-refractivity contribution < 1.29 is 17.9 Å². The molecular formula is C12H13N3O4S2. The van der Waals surface area contributed by atoms with Crippen molar-refractivity contribution in [1.29, 1.82) is 0 Å². The summed E-state index contributed by atoms with van der Waals surface area (Å²) in [6.45, 7) is 0. The number of ether oxygens (including phenoxy) is 1. The van der Waals surface area contributed by atoms with Crippen molar-refractivity contribution in [2.75, 3.05) is 12.4 Å². The molecule has 2 rings (SSSR count). The molecule has 0 atom stereocenters. The predicted molar refractivity (Wildman–Crippen MR) is 78.9 cm³/mol. The summed E-state index contributed by atoms with van der Waals surface area (Å²) >= 11 is 1.30. The van der Waals surface area contributed by atoms with Crippen molar-refractivity contribution in [3.05, 3.63) is 35.3 Å². The van der Waals surface area contributed by atoms with Crippen molar-refractivity contribution in [3.8, 4) is 0 Å². The molecule has 0 radical (unpaired) electrons. The largest absolute Gasteiger partial charge is 0.469 e. The van der Waals surface area contributed by atoms with Crippen LogP contribution in [0.5, 0.6) is 0 Å². The van der Waals surface area contributed by atoms with E-state index in [0.717, 1.165) is 0 Å². The van der Waals surface area contributed by atoms with Gasteiger partial charge in [0.05, 0.1) is 24.1 Å². The molecule has 0 aliphatic carbocycles. The maximum Gasteiger partial charge on any atom is 0.311 e. The van der Waals surface area contributed by atoms with Gasteiger partial charge in [-0.05, 0) is 18.2 Å². The van der Waals surface area contributed by atoms with Gasteiger partial charge in [0, 0.05) is 11.1 Å². The van der Waals surface area contributed by atoms with E-state index in [1.165, 1.54) is 30.6 Å². The van der Waals surface area contributed by atoms with Crippen molar-refractivity contribution >= 4 is 38.1 Å². The average Bonchev–Trinajstić information content (AvgIpc) is 2.85. The average molecular weight is 327 g/mol. The fourth-order valence-corrected chi connectivity index (χ4v) is 2.83. The van der Waals surface area contributed by atoms with Crippen LogP contribution in [0.2, 0.25) is 0 Å². The number of nitrogens with one attached hydrogen (secondary N) is 1. The number of hydrogen-bond donors (Lipinski definition) is 2. The number of hydrogen-bond acceptors (Lipinski definition) is 7. The number of thiazole rings is 1. The number of nitrogens with two attached hydrogens (primary N) is 1. The first kappa shape index (κ1) is 15.4. The number of esters is 1. The first-order chi connectivity index (χ1) is 9.88. The van der Waals surface area contributed by atoms with E-state index in [1.54, 1.807) is 17.5 Å². The highest BCUT2D eigenvalue weighted by atomic mass is 32.2. The Morgan fingerprint density at radius 3 is 2.90 bits per heavy atom. The molecule has 0 saturated heterocycles. The molecule has 21 heavy (non-hydrogen) atoms. The molecule has 112 valence electrons. The summed E-state index contributed by atoms with van der Waals surface area (Å²) in [7, 11) is -2.44. The summed E-state index contributed by atoms with van der Waals surface area (Å²) in [6.07, 6.45) is 0.0892. The topological polar surface area (TPSA) is 111 Å². The normalized spacial score (nSPS) is 11.1. The number of primary sulfonamides is 1. The van der Waals surface area contributed by atoms with Gasteiger partial charge in [-0.3, -0.25) is 4.79 Å². The van der Waals surface area contributed by atoms with Gasteiger partial charge in [0.15, 0.2) is 5.13 Å². The van der Waals surface area contributed by atoms with Crippen LogP contribution in [-0.2, 0) is 26.0 Å². The summed E-state index contributed by atoms with van der Waals surface area (Å²) < 4.78 is 27.1. The summed E-state index contributed by atoms with van der Waals surface area (Å²) in [5.41, 5.74) is 1.12. The van der Waals surface area contributed by atoms with Crippen LogP contribution in [0.25, 0.3) is 0 Å². The zero-order valence-corrected chi connectivity index (χ0v) is 12.7. The molecule has 0 aliphatic rings. The van der Waals surface area contributed by atoms with E-state index in [0.29, 0.717) is 16.5 Å². The van der Waals surface area contributed by atoms with Gasteiger partial charge in [-0.2, -0.15) is 0 Å². The van der Waals surface area contributed by atoms with Crippen LogP contribution in [0.1, 0.15) is 5.69 Å². The van der Waals surface area contributed by atoms with E-state index in [2.05, 4.69) is 15.0 Å². The Morgan fingerprint density at radius 2 is 2.24 bits per heavy atom. The Balaban J connectivity index is 2.14. The predicted octanol–water partition coefficient (Wildman–Crippen LogP) is 1.25. The fraction of sp³-hybridized carbons (Fsp3) is 0.167. The highest BCUT2D eigenvalue weighted by molar-refractivity contribution is 7.89. The number of rotatable bonds is 5. The molecule has 2 aromatic rings. The Morgan fingerprint density at radius 1 is 1.48 bits per heavy atom. The van der Waals surface area contributed by atoms with Gasteiger partial charge in [-0.15, -0.1) is 11.3 Å². The molecule has 0 spiro atoms. The lowest BCUT2D eigenvalue weighted by Gasteiger charge is -2.04. The Kier molecular flexibility index (Phi) is 4.56. The van der Waals surface area contributed by atoms with Crippen molar-refractivity contribution in [1.82, 2.24) is 4.98 Å². The highest BCUT2D eigenvalue weighted by Crippen LogP contribution is 2.23. The third-order valence-corrected chi connectivity index (χ3v) is 4.24. The molecule has 7 nitrogen and oxygen atoms in total. The van der Waals surface area contributed by atoms with E-state index >= 15 is 0 Å². The Labute approximate surface area is 125 Å². The van der Waals surface area contributed by atoms with Crippen molar-refractivity contribution in [3.63, 3.8) is 0 Å². The SMILES string of the molecule is COC(=O)Cc1csc(Nc2cccc(S(N)(=O)=O)c2)n1. The second-order valence-corrected chi connectivity index (χ2v) is 6.51. The van der Waals surface area contributed by atoms with E-state index in [-0.39, 0.29) is 17.3 Å². The molecule has 3 N–H and O–H groups in total. The molecular weight excluding hydrogens is 314 g/mol. The standard InChI is InChI=1S/C12H13N3O4S2/c1-19-11(16)6-9-7-20-12(15-9)14-8-3-2-4-10(5-8)21(13,17)18/h2-5,7H,6H2,1H3,(H,14,15)(H2,13,17,18). The van der Waals surface area contributed by atoms with E-state index in [1.807, 2.05) is 0 Å². The van der Waals surface area contributed by atoms with E-state index in [4.69, 9.17) is 5.14 Å². The lowest BCUT2D eigenvalue weighted by Crippen LogP contribution is -2.12. The van der Waals surface area contributed by atoms with Gasteiger partial charge in [-0.1, -0.05) is 6.07 Å². The summed E-state index contributed by atoms with van der Waals surface area (Å²) in [4.78, 5) is 15.4. The quantitative estimate of drug-likeness (QED) is 0.799.